The van der Waals surface area contributed by atoms with E-state index in [-0.39, 0.29) is 4.75 Å². The van der Waals surface area contributed by atoms with Crippen LogP contribution in [-0.2, 0) is 17.6 Å². The van der Waals surface area contributed by atoms with Gasteiger partial charge in [-0.15, -0.1) is 0 Å². The minimum Gasteiger partial charge on any atom is -0.0924 e. The van der Waals surface area contributed by atoms with Crippen LogP contribution in [0.4, 0.5) is 0 Å². The highest BCUT2D eigenvalue weighted by Gasteiger charge is 2.45. The van der Waals surface area contributed by atoms with Gasteiger partial charge in [0, 0.05) is 5.56 Å². The number of rotatable bonds is 20. The number of thiocarbonyl (C=S) groups is 1. The van der Waals surface area contributed by atoms with E-state index in [2.05, 4.69) is 86.6 Å². The summed E-state index contributed by atoms with van der Waals surface area (Å²) in [6, 6.07) is 27.8. The van der Waals surface area contributed by atoms with E-state index in [0.717, 1.165) is 4.20 Å². The summed E-state index contributed by atoms with van der Waals surface area (Å²) in [5.74, 6) is 0. The Morgan fingerprint density at radius 2 is 0.905 bits per heavy atom. The summed E-state index contributed by atoms with van der Waals surface area (Å²) in [6.45, 7) is 4.58. The van der Waals surface area contributed by atoms with Crippen LogP contribution in [0.25, 0.3) is 0 Å². The lowest BCUT2D eigenvalue weighted by Gasteiger charge is -2.31. The number of unbranched alkanes of at least 4 members (excludes halogenated alkanes) is 14. The summed E-state index contributed by atoms with van der Waals surface area (Å²) < 4.78 is 0.735. The van der Waals surface area contributed by atoms with Gasteiger partial charge in [0.1, 0.15) is 0 Å². The van der Waals surface area contributed by atoms with Crippen molar-refractivity contribution in [3.63, 3.8) is 0 Å². The van der Waals surface area contributed by atoms with Gasteiger partial charge < -0.3 is 0 Å². The highest BCUT2D eigenvalue weighted by molar-refractivity contribution is 8.25. The second-order valence-electron chi connectivity index (χ2n) is 12.5. The molecule has 0 spiro atoms. The van der Waals surface area contributed by atoms with Crippen molar-refractivity contribution >= 4 is 28.2 Å². The van der Waals surface area contributed by atoms with Crippen LogP contribution in [0.1, 0.15) is 150 Å². The summed E-state index contributed by atoms with van der Waals surface area (Å²) in [7, 11) is 0. The molecule has 3 aromatic carbocycles. The average molecular weight is 599 g/mol. The van der Waals surface area contributed by atoms with Crippen molar-refractivity contribution in [2.45, 2.75) is 134 Å². The van der Waals surface area contributed by atoms with Gasteiger partial charge in [-0.05, 0) is 53.5 Å². The van der Waals surface area contributed by atoms with Crippen LogP contribution in [0.2, 0.25) is 0 Å². The normalized spacial score (nSPS) is 13.9. The van der Waals surface area contributed by atoms with Crippen LogP contribution in [0.5, 0.6) is 0 Å². The highest BCUT2D eigenvalue weighted by Crippen LogP contribution is 2.56. The Bertz CT molecular complexity index is 1130. The van der Waals surface area contributed by atoms with Crippen LogP contribution in [0.15, 0.2) is 72.8 Å². The van der Waals surface area contributed by atoms with Crippen LogP contribution in [0, 0.1) is 0 Å². The van der Waals surface area contributed by atoms with Crippen molar-refractivity contribution in [3.8, 4) is 0 Å². The molecule has 0 amide bonds. The van der Waals surface area contributed by atoms with Crippen molar-refractivity contribution in [1.29, 1.82) is 0 Å². The van der Waals surface area contributed by atoms with Crippen molar-refractivity contribution in [2.75, 3.05) is 0 Å². The zero-order valence-electron chi connectivity index (χ0n) is 26.5. The van der Waals surface area contributed by atoms with E-state index in [1.807, 2.05) is 11.8 Å². The van der Waals surface area contributed by atoms with E-state index in [1.54, 1.807) is 0 Å². The molecule has 0 N–H and O–H groups in total. The van der Waals surface area contributed by atoms with Crippen LogP contribution in [0.3, 0.4) is 0 Å². The molecule has 2 heteroatoms. The van der Waals surface area contributed by atoms with Gasteiger partial charge in [-0.1, -0.05) is 201 Å². The molecule has 0 saturated heterocycles. The Labute approximate surface area is 267 Å². The number of fused-ring (bicyclic) bond motifs is 1. The fraction of sp³-hybridized carbons (Fsp3) is 0.525. The van der Waals surface area contributed by atoms with Gasteiger partial charge in [0.25, 0.3) is 0 Å². The van der Waals surface area contributed by atoms with Gasteiger partial charge in [-0.25, -0.2) is 0 Å². The molecule has 1 aliphatic rings. The molecule has 0 fully saturated rings. The lowest BCUT2D eigenvalue weighted by molar-refractivity contribution is 0.575. The third kappa shape index (κ3) is 9.06. The summed E-state index contributed by atoms with van der Waals surface area (Å²) in [4.78, 5) is 0. The number of aryl methyl sites for hydroxylation is 2. The highest BCUT2D eigenvalue weighted by atomic mass is 32.2. The van der Waals surface area contributed by atoms with Crippen LogP contribution >= 0.6 is 24.0 Å². The summed E-state index contributed by atoms with van der Waals surface area (Å²) in [5.41, 5.74) is 8.17. The molecular weight excluding hydrogens is 545 g/mol. The first-order valence-electron chi connectivity index (χ1n) is 17.2. The topological polar surface area (TPSA) is 0 Å². The van der Waals surface area contributed by atoms with Gasteiger partial charge in [0.2, 0.25) is 0 Å². The van der Waals surface area contributed by atoms with E-state index < -0.39 is 0 Å². The number of hydrogen-bond donors (Lipinski definition) is 0. The van der Waals surface area contributed by atoms with Gasteiger partial charge in [-0.2, -0.15) is 0 Å². The van der Waals surface area contributed by atoms with Crippen molar-refractivity contribution in [2.24, 2.45) is 0 Å². The van der Waals surface area contributed by atoms with E-state index in [4.69, 9.17) is 12.2 Å². The minimum atomic E-state index is -0.276. The van der Waals surface area contributed by atoms with E-state index in [1.165, 1.54) is 149 Å². The van der Waals surface area contributed by atoms with Crippen LogP contribution in [-0.4, -0.2) is 4.20 Å². The second-order valence-corrected chi connectivity index (χ2v) is 14.4. The van der Waals surface area contributed by atoms with Gasteiger partial charge >= 0.3 is 0 Å². The fourth-order valence-corrected chi connectivity index (χ4v) is 8.47. The van der Waals surface area contributed by atoms with Gasteiger partial charge in [0.15, 0.2) is 0 Å². The molecule has 1 aliphatic heterocycles. The molecule has 226 valence electrons. The Kier molecular flexibility index (Phi) is 14.2. The SMILES string of the molecule is CCCCCCCCCCc1ccc(C2(c3ccc(CCCCCCCCCC)cc3)SC(=S)c3ccccc32)cc1. The number of hydrogen-bond acceptors (Lipinski definition) is 2. The molecule has 42 heavy (non-hydrogen) atoms. The number of thioether (sulfide) groups is 1. The molecule has 0 aromatic heterocycles. The molecule has 0 aliphatic carbocycles. The quantitative estimate of drug-likeness (QED) is 0.0937. The van der Waals surface area contributed by atoms with Gasteiger partial charge in [0.05, 0.1) is 8.94 Å². The molecule has 0 radical (unpaired) electrons. The van der Waals surface area contributed by atoms with Gasteiger partial charge in [-0.3, -0.25) is 0 Å². The first-order chi connectivity index (χ1) is 20.7. The first-order valence-corrected chi connectivity index (χ1v) is 18.4. The van der Waals surface area contributed by atoms with E-state index >= 15 is 0 Å². The molecule has 0 unspecified atom stereocenters. The Morgan fingerprint density at radius 3 is 1.36 bits per heavy atom. The maximum atomic E-state index is 5.97. The smallest absolute Gasteiger partial charge is 0.0924 e. The molecule has 0 atom stereocenters. The summed E-state index contributed by atoms with van der Waals surface area (Å²) in [6.07, 6.45) is 24.3. The van der Waals surface area contributed by atoms with E-state index in [0.29, 0.717) is 0 Å². The second kappa shape index (κ2) is 18.0. The van der Waals surface area contributed by atoms with Crippen molar-refractivity contribution in [3.05, 3.63) is 106 Å². The first kappa shape index (κ1) is 33.0. The standard InChI is InChI=1S/C40H54S2/c1-3-5-7-9-11-13-15-17-21-33-25-29-35(30-26-33)40(38-24-20-19-23-37(38)39(41)42-40)36-31-27-34(28-32-36)22-18-16-14-12-10-8-6-4-2/h19-20,23-32H,3-18,21-22H2,1-2H3. The summed E-state index contributed by atoms with van der Waals surface area (Å²) in [5, 5.41) is 0. The maximum Gasteiger partial charge on any atom is 0.0968 e. The molecule has 4 rings (SSSR count). The largest absolute Gasteiger partial charge is 0.0968 e. The third-order valence-electron chi connectivity index (χ3n) is 9.13. The lowest BCUT2D eigenvalue weighted by Crippen LogP contribution is -2.23. The third-order valence-corrected chi connectivity index (χ3v) is 11.0. The average Bonchev–Trinajstić information content (AvgIpc) is 3.33. The maximum absolute atomic E-state index is 5.97. The minimum absolute atomic E-state index is 0.276. The fourth-order valence-electron chi connectivity index (χ4n) is 6.55. The monoisotopic (exact) mass is 598 g/mol. The zero-order valence-corrected chi connectivity index (χ0v) is 28.1. The zero-order chi connectivity index (χ0) is 29.5. The molecule has 0 nitrogen and oxygen atoms in total. The molecular formula is C40H54S2. The predicted octanol–water partition coefficient (Wildman–Crippen LogP) is 12.8. The lowest BCUT2D eigenvalue weighted by atomic mass is 9.81. The molecule has 0 bridgehead atoms. The Morgan fingerprint density at radius 1 is 0.500 bits per heavy atom. The molecule has 0 saturated carbocycles. The Hall–Kier alpha value is -1.90. The molecule has 3 aromatic rings. The number of benzene rings is 3. The van der Waals surface area contributed by atoms with Crippen molar-refractivity contribution in [1.82, 2.24) is 0 Å². The van der Waals surface area contributed by atoms with Crippen molar-refractivity contribution < 1.29 is 0 Å². The predicted molar refractivity (Wildman–Crippen MR) is 191 cm³/mol. The summed E-state index contributed by atoms with van der Waals surface area (Å²) >= 11 is 7.82. The Balaban J connectivity index is 1.40. The van der Waals surface area contributed by atoms with E-state index in [9.17, 15) is 0 Å². The molecule has 1 heterocycles. The van der Waals surface area contributed by atoms with Crippen LogP contribution < -0.4 is 0 Å².